The fourth-order valence-corrected chi connectivity index (χ4v) is 5.16. The van der Waals surface area contributed by atoms with E-state index < -0.39 is 5.54 Å². The molecule has 1 aliphatic heterocycles. The fourth-order valence-electron chi connectivity index (χ4n) is 5.16. The molecule has 1 heterocycles. The predicted octanol–water partition coefficient (Wildman–Crippen LogP) is 5.13. The summed E-state index contributed by atoms with van der Waals surface area (Å²) in [5.74, 6) is 0.141. The van der Waals surface area contributed by atoms with E-state index in [9.17, 15) is 9.59 Å². The highest BCUT2D eigenvalue weighted by Crippen LogP contribution is 2.40. The molecule has 0 saturated heterocycles. The second-order valence-corrected chi connectivity index (χ2v) is 9.84. The van der Waals surface area contributed by atoms with E-state index in [-0.39, 0.29) is 30.4 Å². The fraction of sp³-hybridized carbons (Fsp3) is 0.182. The van der Waals surface area contributed by atoms with Gasteiger partial charge in [0.15, 0.2) is 11.5 Å². The molecule has 5 rings (SSSR count). The first-order valence-electron chi connectivity index (χ1n) is 13.1. The zero-order valence-corrected chi connectivity index (χ0v) is 22.8. The highest BCUT2D eigenvalue weighted by Gasteiger charge is 2.50. The van der Waals surface area contributed by atoms with Crippen LogP contribution in [0.5, 0.6) is 5.75 Å². The van der Waals surface area contributed by atoms with Crippen LogP contribution in [-0.2, 0) is 16.9 Å². The Morgan fingerprint density at radius 1 is 0.925 bits per heavy atom. The number of hydrogen-bond acceptors (Lipinski definition) is 5. The van der Waals surface area contributed by atoms with Gasteiger partial charge in [0.1, 0.15) is 5.75 Å². The van der Waals surface area contributed by atoms with E-state index in [0.717, 1.165) is 22.3 Å². The van der Waals surface area contributed by atoms with E-state index >= 15 is 0 Å². The second-order valence-electron chi connectivity index (χ2n) is 9.84. The number of hydrogen-bond donors (Lipinski definition) is 1. The molecule has 202 valence electrons. The monoisotopic (exact) mass is 532 g/mol. The van der Waals surface area contributed by atoms with Crippen molar-refractivity contribution in [3.63, 3.8) is 0 Å². The third-order valence-corrected chi connectivity index (χ3v) is 7.51. The molecule has 0 bridgehead atoms. The Hall–Kier alpha value is -4.91. The molecule has 0 radical (unpaired) electrons. The molecule has 2 amide bonds. The van der Waals surface area contributed by atoms with Gasteiger partial charge in [0.05, 0.1) is 25.3 Å². The molecule has 0 spiro atoms. The van der Waals surface area contributed by atoms with Crippen LogP contribution in [0.25, 0.3) is 0 Å². The van der Waals surface area contributed by atoms with Gasteiger partial charge in [-0.3, -0.25) is 14.5 Å². The number of carbonyl (C=O) groups excluding carboxylic acids is 2. The van der Waals surface area contributed by atoms with Crippen molar-refractivity contribution in [2.45, 2.75) is 25.0 Å². The summed E-state index contributed by atoms with van der Waals surface area (Å²) in [6.07, 6.45) is 0. The number of guanidine groups is 1. The van der Waals surface area contributed by atoms with E-state index in [2.05, 4.69) is 0 Å². The minimum absolute atomic E-state index is 0.121. The Kier molecular flexibility index (Phi) is 7.38. The number of rotatable bonds is 8. The van der Waals surface area contributed by atoms with Crippen molar-refractivity contribution in [3.05, 3.63) is 137 Å². The molecule has 0 aliphatic carbocycles. The van der Waals surface area contributed by atoms with Crippen LogP contribution in [0.3, 0.4) is 0 Å². The molecule has 7 heteroatoms. The zero-order valence-electron chi connectivity index (χ0n) is 22.8. The lowest BCUT2D eigenvalue weighted by atomic mass is 9.83. The van der Waals surface area contributed by atoms with Gasteiger partial charge in [-0.2, -0.15) is 0 Å². The summed E-state index contributed by atoms with van der Waals surface area (Å²) in [6.45, 7) is 2.13. The number of nitrogens with two attached hydrogens (primary N) is 1. The Morgan fingerprint density at radius 2 is 1.48 bits per heavy atom. The van der Waals surface area contributed by atoms with Crippen LogP contribution in [0.2, 0.25) is 0 Å². The molecular formula is C33H32N4O3. The molecule has 1 aliphatic rings. The lowest BCUT2D eigenvalue weighted by Gasteiger charge is -2.28. The summed E-state index contributed by atoms with van der Waals surface area (Å²) in [5.41, 5.74) is 8.77. The summed E-state index contributed by atoms with van der Waals surface area (Å²) in [6, 6.07) is 33.9. The van der Waals surface area contributed by atoms with Crippen molar-refractivity contribution in [3.8, 4) is 5.75 Å². The van der Waals surface area contributed by atoms with Crippen LogP contribution >= 0.6 is 0 Å². The highest BCUT2D eigenvalue weighted by atomic mass is 16.5. The quantitative estimate of drug-likeness (QED) is 0.341. The number of amides is 2. The van der Waals surface area contributed by atoms with Crippen molar-refractivity contribution in [1.82, 2.24) is 9.80 Å². The van der Waals surface area contributed by atoms with Crippen molar-refractivity contribution in [2.75, 3.05) is 14.2 Å². The van der Waals surface area contributed by atoms with Gasteiger partial charge in [0.25, 0.3) is 11.8 Å². The average molecular weight is 533 g/mol. The van der Waals surface area contributed by atoms with Crippen LogP contribution < -0.4 is 10.5 Å². The van der Waals surface area contributed by atoms with E-state index in [1.165, 1.54) is 12.0 Å². The normalized spacial score (nSPS) is 14.9. The minimum atomic E-state index is -1.29. The predicted molar refractivity (Wildman–Crippen MR) is 156 cm³/mol. The largest absolute Gasteiger partial charge is 0.496 e. The average Bonchev–Trinajstić information content (AvgIpc) is 3.26. The SMILES string of the molecule is COc1ccc(CN2C(=O)C(c3ccccc3)(c3ccccc3)N=C2N)cc1C(=O)N(C)[C@H](C)c1ccccc1. The maximum atomic E-state index is 14.2. The van der Waals surface area contributed by atoms with Crippen LogP contribution in [0, 0.1) is 0 Å². The standard InChI is InChI=1S/C33H32N4O3/c1-23(25-13-7-4-8-14-25)36(2)30(38)28-21-24(19-20-29(28)40-3)22-37-31(39)33(35-32(37)34,26-15-9-5-10-16-26)27-17-11-6-12-18-27/h4-21,23H,22H2,1-3H3,(H2,34,35)/t23-/m1/s1. The van der Waals surface area contributed by atoms with E-state index in [1.54, 1.807) is 24.1 Å². The van der Waals surface area contributed by atoms with Crippen LogP contribution in [0.1, 0.15) is 45.6 Å². The van der Waals surface area contributed by atoms with E-state index in [4.69, 9.17) is 15.5 Å². The van der Waals surface area contributed by atoms with Gasteiger partial charge in [-0.15, -0.1) is 0 Å². The molecule has 0 fully saturated rings. The first-order chi connectivity index (χ1) is 19.4. The lowest BCUT2D eigenvalue weighted by Crippen LogP contribution is -2.43. The number of benzene rings is 4. The van der Waals surface area contributed by atoms with Crippen molar-refractivity contribution < 1.29 is 14.3 Å². The first kappa shape index (κ1) is 26.7. The van der Waals surface area contributed by atoms with Gasteiger partial charge in [-0.25, -0.2) is 4.99 Å². The van der Waals surface area contributed by atoms with Gasteiger partial charge in [0, 0.05) is 7.05 Å². The summed E-state index contributed by atoms with van der Waals surface area (Å²) in [5, 5.41) is 0. The van der Waals surface area contributed by atoms with E-state index in [0.29, 0.717) is 11.3 Å². The molecule has 0 saturated carbocycles. The molecule has 4 aromatic rings. The highest BCUT2D eigenvalue weighted by molar-refractivity contribution is 6.09. The van der Waals surface area contributed by atoms with Gasteiger partial charge >= 0.3 is 0 Å². The maximum absolute atomic E-state index is 14.2. The Balaban J connectivity index is 1.47. The summed E-state index contributed by atoms with van der Waals surface area (Å²) in [4.78, 5) is 35.7. The topological polar surface area (TPSA) is 88.2 Å². The number of aliphatic imine (C=N–C) groups is 1. The van der Waals surface area contributed by atoms with Crippen molar-refractivity contribution in [1.29, 1.82) is 0 Å². The van der Waals surface area contributed by atoms with Crippen molar-refractivity contribution >= 4 is 17.8 Å². The van der Waals surface area contributed by atoms with Gasteiger partial charge in [-0.05, 0) is 41.3 Å². The van der Waals surface area contributed by atoms with Gasteiger partial charge in [0.2, 0.25) is 0 Å². The number of ether oxygens (including phenoxy) is 1. The number of carbonyl (C=O) groups is 2. The second kappa shape index (κ2) is 11.1. The molecule has 0 unspecified atom stereocenters. The van der Waals surface area contributed by atoms with Gasteiger partial charge < -0.3 is 15.4 Å². The first-order valence-corrected chi connectivity index (χ1v) is 13.1. The van der Waals surface area contributed by atoms with E-state index in [1.807, 2.05) is 104 Å². The van der Waals surface area contributed by atoms with Gasteiger partial charge in [-0.1, -0.05) is 97.1 Å². The van der Waals surface area contributed by atoms with Crippen LogP contribution in [0.4, 0.5) is 0 Å². The molecular weight excluding hydrogens is 500 g/mol. The third kappa shape index (κ3) is 4.71. The molecule has 0 aromatic heterocycles. The summed E-state index contributed by atoms with van der Waals surface area (Å²) < 4.78 is 5.54. The molecule has 4 aromatic carbocycles. The summed E-state index contributed by atoms with van der Waals surface area (Å²) in [7, 11) is 3.31. The van der Waals surface area contributed by atoms with Crippen LogP contribution in [-0.4, -0.2) is 41.7 Å². The molecule has 7 nitrogen and oxygen atoms in total. The number of nitrogens with zero attached hydrogens (tertiary/aromatic N) is 3. The smallest absolute Gasteiger partial charge is 0.266 e. The molecule has 2 N–H and O–H groups in total. The third-order valence-electron chi connectivity index (χ3n) is 7.51. The number of methoxy groups -OCH3 is 1. The maximum Gasteiger partial charge on any atom is 0.266 e. The lowest BCUT2D eigenvalue weighted by molar-refractivity contribution is -0.130. The Bertz CT molecular complexity index is 1500. The Labute approximate surface area is 234 Å². The molecule has 40 heavy (non-hydrogen) atoms. The minimum Gasteiger partial charge on any atom is -0.496 e. The Morgan fingerprint density at radius 3 is 2.02 bits per heavy atom. The van der Waals surface area contributed by atoms with Crippen LogP contribution in [0.15, 0.2) is 114 Å². The molecule has 1 atom stereocenters. The van der Waals surface area contributed by atoms with Crippen molar-refractivity contribution in [2.24, 2.45) is 10.7 Å². The zero-order chi connectivity index (χ0) is 28.3. The summed E-state index contributed by atoms with van der Waals surface area (Å²) >= 11 is 0.